The number of nitrogens with zero attached hydrogens (tertiary/aromatic N) is 4. The van der Waals surface area contributed by atoms with E-state index in [0.29, 0.717) is 49.5 Å². The van der Waals surface area contributed by atoms with Gasteiger partial charge < -0.3 is 20.5 Å². The Kier molecular flexibility index (Phi) is 7.02. The Balaban J connectivity index is 1.54. The fraction of sp³-hybridized carbons (Fsp3) is 0.333. The number of nitrogen functional groups attached to an aromatic ring is 1. The van der Waals surface area contributed by atoms with Crippen LogP contribution in [-0.4, -0.2) is 60.1 Å². The van der Waals surface area contributed by atoms with E-state index in [1.54, 1.807) is 23.9 Å². The SMILES string of the molecule is COc1ccc(CNC(=O)c2cc3c(=O)n4cccc(C)c4nc3[n+](CCN3CCOCC3)c2N)cc1. The molecule has 1 amide bonds. The van der Waals surface area contributed by atoms with Gasteiger partial charge in [-0.1, -0.05) is 23.2 Å². The summed E-state index contributed by atoms with van der Waals surface area (Å²) in [6.07, 6.45) is 1.69. The van der Waals surface area contributed by atoms with Crippen molar-refractivity contribution < 1.29 is 18.8 Å². The lowest BCUT2D eigenvalue weighted by Crippen LogP contribution is -2.48. The summed E-state index contributed by atoms with van der Waals surface area (Å²) in [5.41, 5.74) is 9.43. The number of morpholine rings is 1. The molecule has 4 aromatic rings. The molecule has 192 valence electrons. The molecule has 0 atom stereocenters. The highest BCUT2D eigenvalue weighted by molar-refractivity contribution is 6.00. The second kappa shape index (κ2) is 10.5. The maximum Gasteiger partial charge on any atom is 0.278 e. The maximum atomic E-state index is 13.5. The second-order valence-corrected chi connectivity index (χ2v) is 9.12. The first-order chi connectivity index (χ1) is 18.0. The zero-order valence-electron chi connectivity index (χ0n) is 21.1. The van der Waals surface area contributed by atoms with Crippen molar-refractivity contribution in [3.05, 3.63) is 75.7 Å². The number of rotatable bonds is 7. The summed E-state index contributed by atoms with van der Waals surface area (Å²) in [6, 6.07) is 12.7. The molecule has 3 N–H and O–H groups in total. The van der Waals surface area contributed by atoms with Crippen LogP contribution in [0.4, 0.5) is 5.82 Å². The van der Waals surface area contributed by atoms with E-state index in [1.165, 1.54) is 4.40 Å². The van der Waals surface area contributed by atoms with E-state index in [9.17, 15) is 9.59 Å². The zero-order valence-corrected chi connectivity index (χ0v) is 21.1. The molecule has 0 saturated carbocycles. The molecular weight excluding hydrogens is 472 g/mol. The zero-order chi connectivity index (χ0) is 25.9. The van der Waals surface area contributed by atoms with Crippen molar-refractivity contribution in [1.82, 2.24) is 19.6 Å². The quantitative estimate of drug-likeness (QED) is 0.289. The fourth-order valence-electron chi connectivity index (χ4n) is 4.61. The highest BCUT2D eigenvalue weighted by atomic mass is 16.5. The number of anilines is 1. The number of aryl methyl sites for hydroxylation is 1. The second-order valence-electron chi connectivity index (χ2n) is 9.12. The molecule has 0 radical (unpaired) electrons. The number of amides is 1. The molecular formula is C27H31N6O4+. The molecule has 4 heterocycles. The van der Waals surface area contributed by atoms with Crippen LogP contribution in [0.5, 0.6) is 5.75 Å². The number of carbonyl (C=O) groups is 1. The molecule has 0 unspecified atom stereocenters. The van der Waals surface area contributed by atoms with Gasteiger partial charge in [-0.05, 0) is 36.8 Å². The van der Waals surface area contributed by atoms with Gasteiger partial charge in [-0.2, -0.15) is 0 Å². The number of aromatic nitrogens is 3. The fourth-order valence-corrected chi connectivity index (χ4v) is 4.61. The summed E-state index contributed by atoms with van der Waals surface area (Å²) in [7, 11) is 1.61. The van der Waals surface area contributed by atoms with E-state index < -0.39 is 0 Å². The van der Waals surface area contributed by atoms with Gasteiger partial charge in [0.25, 0.3) is 17.1 Å². The predicted octanol–water partition coefficient (Wildman–Crippen LogP) is 1.30. The van der Waals surface area contributed by atoms with Crippen molar-refractivity contribution in [3.63, 3.8) is 0 Å². The third-order valence-corrected chi connectivity index (χ3v) is 6.78. The van der Waals surface area contributed by atoms with E-state index >= 15 is 0 Å². The molecule has 37 heavy (non-hydrogen) atoms. The highest BCUT2D eigenvalue weighted by Crippen LogP contribution is 2.17. The van der Waals surface area contributed by atoms with Gasteiger partial charge in [-0.15, -0.1) is 0 Å². The van der Waals surface area contributed by atoms with E-state index in [-0.39, 0.29) is 22.8 Å². The minimum atomic E-state index is -0.357. The van der Waals surface area contributed by atoms with Crippen LogP contribution in [0.15, 0.2) is 53.5 Å². The summed E-state index contributed by atoms with van der Waals surface area (Å²) in [5, 5.41) is 3.27. The molecule has 0 spiro atoms. The molecule has 10 nitrogen and oxygen atoms in total. The standard InChI is InChI=1S/C27H30N6O4/c1-18-4-3-9-33-24(18)30-25-22(27(33)35)16-21(23(28)32(25)11-10-31-12-14-37-15-13-31)26(34)29-17-19-5-7-20(36-2)8-6-19/h3-9,16,28H,10-15,17H2,1-2H3,(H,29,34)/p+1. The third kappa shape index (κ3) is 4.98. The van der Waals surface area contributed by atoms with Crippen LogP contribution >= 0.6 is 0 Å². The van der Waals surface area contributed by atoms with Gasteiger partial charge in [0.2, 0.25) is 11.5 Å². The van der Waals surface area contributed by atoms with Crippen LogP contribution in [-0.2, 0) is 17.8 Å². The lowest BCUT2D eigenvalue weighted by atomic mass is 10.1. The van der Waals surface area contributed by atoms with Gasteiger partial charge in [0.15, 0.2) is 0 Å². The Morgan fingerprint density at radius 2 is 1.97 bits per heavy atom. The number of pyridine rings is 2. The Hall–Kier alpha value is -4.02. The molecule has 3 aromatic heterocycles. The van der Waals surface area contributed by atoms with E-state index in [2.05, 4.69) is 10.2 Å². The Labute approximate surface area is 214 Å². The summed E-state index contributed by atoms with van der Waals surface area (Å²) in [6.45, 7) is 6.39. The lowest BCUT2D eigenvalue weighted by Gasteiger charge is -2.26. The Morgan fingerprint density at radius 1 is 1.22 bits per heavy atom. The largest absolute Gasteiger partial charge is 0.497 e. The summed E-state index contributed by atoms with van der Waals surface area (Å²) >= 11 is 0. The normalized spacial score (nSPS) is 14.2. The average Bonchev–Trinajstić information content (AvgIpc) is 2.92. The Morgan fingerprint density at radius 3 is 2.70 bits per heavy atom. The number of hydrogen-bond donors (Lipinski definition) is 2. The summed E-state index contributed by atoms with van der Waals surface area (Å²) in [4.78, 5) is 33.9. The summed E-state index contributed by atoms with van der Waals surface area (Å²) < 4.78 is 14.0. The first kappa shape index (κ1) is 24.7. The molecule has 1 aromatic carbocycles. The van der Waals surface area contributed by atoms with Crippen LogP contribution in [0.2, 0.25) is 0 Å². The van der Waals surface area contributed by atoms with Gasteiger partial charge in [0.1, 0.15) is 16.7 Å². The summed E-state index contributed by atoms with van der Waals surface area (Å²) in [5.74, 6) is 0.660. The first-order valence-corrected chi connectivity index (χ1v) is 12.3. The van der Waals surface area contributed by atoms with E-state index in [1.807, 2.05) is 43.3 Å². The van der Waals surface area contributed by atoms with Crippen LogP contribution in [0, 0.1) is 6.92 Å². The topological polar surface area (TPSA) is 115 Å². The number of nitrogens with one attached hydrogen (secondary N) is 1. The molecule has 1 aliphatic heterocycles. The van der Waals surface area contributed by atoms with E-state index in [0.717, 1.165) is 30.0 Å². The Bertz CT molecular complexity index is 1510. The van der Waals surface area contributed by atoms with Crippen LogP contribution < -0.4 is 25.9 Å². The maximum absolute atomic E-state index is 13.5. The minimum absolute atomic E-state index is 0.243. The predicted molar refractivity (Wildman–Crippen MR) is 140 cm³/mol. The lowest BCUT2D eigenvalue weighted by molar-refractivity contribution is -0.658. The van der Waals surface area contributed by atoms with Crippen molar-refractivity contribution in [3.8, 4) is 5.75 Å². The molecule has 10 heteroatoms. The van der Waals surface area contributed by atoms with Crippen molar-refractivity contribution in [1.29, 1.82) is 0 Å². The van der Waals surface area contributed by atoms with Crippen molar-refractivity contribution in [2.75, 3.05) is 45.7 Å². The number of carbonyl (C=O) groups excluding carboxylic acids is 1. The average molecular weight is 504 g/mol. The van der Waals surface area contributed by atoms with Gasteiger partial charge in [0.05, 0.1) is 26.9 Å². The number of benzene rings is 1. The number of hydrogen-bond acceptors (Lipinski definition) is 7. The van der Waals surface area contributed by atoms with Crippen LogP contribution in [0.3, 0.4) is 0 Å². The molecule has 1 aliphatic rings. The van der Waals surface area contributed by atoms with E-state index in [4.69, 9.17) is 20.2 Å². The smallest absolute Gasteiger partial charge is 0.278 e. The molecule has 1 fully saturated rings. The molecule has 1 saturated heterocycles. The highest BCUT2D eigenvalue weighted by Gasteiger charge is 2.25. The van der Waals surface area contributed by atoms with Gasteiger partial charge >= 0.3 is 0 Å². The number of fused-ring (bicyclic) bond motifs is 2. The van der Waals surface area contributed by atoms with Crippen LogP contribution in [0.25, 0.3) is 16.7 Å². The number of ether oxygens (including phenoxy) is 2. The molecule has 5 rings (SSSR count). The van der Waals surface area contributed by atoms with Crippen molar-refractivity contribution in [2.24, 2.45) is 0 Å². The van der Waals surface area contributed by atoms with Crippen molar-refractivity contribution in [2.45, 2.75) is 20.0 Å². The van der Waals surface area contributed by atoms with Gasteiger partial charge in [0, 0.05) is 37.9 Å². The number of nitrogens with two attached hydrogens (primary N) is 1. The monoisotopic (exact) mass is 503 g/mol. The first-order valence-electron chi connectivity index (χ1n) is 12.3. The van der Waals surface area contributed by atoms with Crippen molar-refractivity contribution >= 4 is 28.4 Å². The molecule has 0 bridgehead atoms. The minimum Gasteiger partial charge on any atom is -0.497 e. The van der Waals surface area contributed by atoms with Gasteiger partial charge in [-0.25, -0.2) is 4.57 Å². The molecule has 0 aliphatic carbocycles. The van der Waals surface area contributed by atoms with Gasteiger partial charge in [-0.3, -0.25) is 18.9 Å². The van der Waals surface area contributed by atoms with Crippen LogP contribution in [0.1, 0.15) is 21.5 Å². The number of methoxy groups -OCH3 is 1. The third-order valence-electron chi connectivity index (χ3n) is 6.78.